The molecule has 0 saturated heterocycles. The lowest BCUT2D eigenvalue weighted by Crippen LogP contribution is -2.13. The smallest absolute Gasteiger partial charge is 0.227 e. The second-order valence-corrected chi connectivity index (χ2v) is 4.49. The maximum absolute atomic E-state index is 11.6. The summed E-state index contributed by atoms with van der Waals surface area (Å²) in [7, 11) is 0. The highest BCUT2D eigenvalue weighted by Crippen LogP contribution is 2.11. The van der Waals surface area contributed by atoms with Gasteiger partial charge in [-0.1, -0.05) is 17.7 Å². The van der Waals surface area contributed by atoms with Crippen molar-refractivity contribution in [2.45, 2.75) is 12.8 Å². The Balaban J connectivity index is 1.81. The Bertz CT molecular complexity index is 604. The largest absolute Gasteiger partial charge is 0.490 e. The summed E-state index contributed by atoms with van der Waals surface area (Å²) in [5.41, 5.74) is 0.924. The Morgan fingerprint density at radius 1 is 1.15 bits per heavy atom. The molecule has 0 unspecified atom stereocenters. The predicted molar refractivity (Wildman–Crippen MR) is 76.7 cm³/mol. The van der Waals surface area contributed by atoms with Gasteiger partial charge in [0.1, 0.15) is 31.0 Å². The third-order valence-electron chi connectivity index (χ3n) is 2.61. The first kappa shape index (κ1) is 14.5. The molecule has 20 heavy (non-hydrogen) atoms. The summed E-state index contributed by atoms with van der Waals surface area (Å²) in [5, 5.41) is 0. The van der Waals surface area contributed by atoms with E-state index >= 15 is 0 Å². The topological polar surface area (TPSA) is 48.7 Å². The summed E-state index contributed by atoms with van der Waals surface area (Å²) in [6, 6.07) is 9.03. The molecule has 0 radical (unpaired) electrons. The first-order chi connectivity index (χ1) is 9.69. The van der Waals surface area contributed by atoms with Crippen molar-refractivity contribution >= 4 is 11.6 Å². The summed E-state index contributed by atoms with van der Waals surface area (Å²) in [6.45, 7) is 2.62. The van der Waals surface area contributed by atoms with Gasteiger partial charge in [0.05, 0.1) is 5.88 Å². The summed E-state index contributed by atoms with van der Waals surface area (Å²) < 4.78 is 15.9. The standard InChI is InChI=1S/C15H15ClO4/c1-11-2-4-12(5-3-11)18-6-7-19-15-10-20-13(9-16)8-14(15)17/h2-5,8,10H,6-7,9H2,1H3. The van der Waals surface area contributed by atoms with E-state index in [9.17, 15) is 4.79 Å². The number of halogens is 1. The molecular weight excluding hydrogens is 280 g/mol. The number of hydrogen-bond donors (Lipinski definition) is 0. The van der Waals surface area contributed by atoms with E-state index in [-0.39, 0.29) is 23.7 Å². The second kappa shape index (κ2) is 7.01. The fraction of sp³-hybridized carbons (Fsp3) is 0.267. The highest BCUT2D eigenvalue weighted by atomic mass is 35.5. The summed E-state index contributed by atoms with van der Waals surface area (Å²) in [4.78, 5) is 11.6. The van der Waals surface area contributed by atoms with Gasteiger partial charge in [0.25, 0.3) is 0 Å². The van der Waals surface area contributed by atoms with E-state index in [0.717, 1.165) is 5.75 Å². The highest BCUT2D eigenvalue weighted by Gasteiger charge is 2.04. The zero-order valence-corrected chi connectivity index (χ0v) is 11.9. The van der Waals surface area contributed by atoms with E-state index in [1.54, 1.807) is 0 Å². The molecule has 0 aliphatic heterocycles. The molecule has 5 heteroatoms. The monoisotopic (exact) mass is 294 g/mol. The van der Waals surface area contributed by atoms with E-state index in [2.05, 4.69) is 0 Å². The predicted octanol–water partition coefficient (Wildman–Crippen LogP) is 3.14. The molecule has 0 fully saturated rings. The minimum absolute atomic E-state index is 0.159. The van der Waals surface area contributed by atoms with E-state index in [4.69, 9.17) is 25.5 Å². The van der Waals surface area contributed by atoms with Crippen LogP contribution in [0, 0.1) is 6.92 Å². The quantitative estimate of drug-likeness (QED) is 0.606. The molecule has 0 aliphatic rings. The van der Waals surface area contributed by atoms with Crippen molar-refractivity contribution in [1.29, 1.82) is 0 Å². The first-order valence-electron chi connectivity index (χ1n) is 6.19. The Morgan fingerprint density at radius 3 is 2.50 bits per heavy atom. The van der Waals surface area contributed by atoms with Gasteiger partial charge in [-0.25, -0.2) is 0 Å². The molecular formula is C15H15ClO4. The van der Waals surface area contributed by atoms with Gasteiger partial charge in [-0.15, -0.1) is 11.6 Å². The SMILES string of the molecule is Cc1ccc(OCCOc2coc(CCl)cc2=O)cc1. The van der Waals surface area contributed by atoms with E-state index < -0.39 is 0 Å². The van der Waals surface area contributed by atoms with Crippen LogP contribution in [0.15, 0.2) is 45.8 Å². The van der Waals surface area contributed by atoms with Crippen molar-refractivity contribution in [3.05, 3.63) is 58.1 Å². The van der Waals surface area contributed by atoms with Crippen molar-refractivity contribution in [2.24, 2.45) is 0 Å². The summed E-state index contributed by atoms with van der Waals surface area (Å²) in [5.74, 6) is 1.50. The van der Waals surface area contributed by atoms with Crippen molar-refractivity contribution in [3.63, 3.8) is 0 Å². The van der Waals surface area contributed by atoms with Gasteiger partial charge in [-0.3, -0.25) is 4.79 Å². The number of hydrogen-bond acceptors (Lipinski definition) is 4. The first-order valence-corrected chi connectivity index (χ1v) is 6.72. The van der Waals surface area contributed by atoms with Crippen LogP contribution in [0.4, 0.5) is 0 Å². The van der Waals surface area contributed by atoms with Crippen LogP contribution in [-0.4, -0.2) is 13.2 Å². The van der Waals surface area contributed by atoms with Gasteiger partial charge in [0.15, 0.2) is 0 Å². The summed E-state index contributed by atoms with van der Waals surface area (Å²) >= 11 is 5.56. The third-order valence-corrected chi connectivity index (χ3v) is 2.88. The van der Waals surface area contributed by atoms with E-state index in [1.807, 2.05) is 31.2 Å². The molecule has 1 aromatic carbocycles. The lowest BCUT2D eigenvalue weighted by molar-refractivity contribution is 0.212. The van der Waals surface area contributed by atoms with Gasteiger partial charge in [0, 0.05) is 6.07 Å². The van der Waals surface area contributed by atoms with Gasteiger partial charge in [-0.05, 0) is 19.1 Å². The molecule has 2 aromatic rings. The van der Waals surface area contributed by atoms with Crippen LogP contribution in [0.25, 0.3) is 0 Å². The number of benzene rings is 1. The van der Waals surface area contributed by atoms with Crippen LogP contribution in [0.1, 0.15) is 11.3 Å². The van der Waals surface area contributed by atoms with Gasteiger partial charge in [0.2, 0.25) is 11.2 Å². The Morgan fingerprint density at radius 2 is 1.85 bits per heavy atom. The number of rotatable bonds is 6. The molecule has 0 bridgehead atoms. The Kier molecular flexibility index (Phi) is 5.07. The fourth-order valence-electron chi connectivity index (χ4n) is 1.56. The highest BCUT2D eigenvalue weighted by molar-refractivity contribution is 6.16. The summed E-state index contributed by atoms with van der Waals surface area (Å²) in [6.07, 6.45) is 1.27. The van der Waals surface area contributed by atoms with Crippen LogP contribution in [0.5, 0.6) is 11.5 Å². The van der Waals surface area contributed by atoms with E-state index in [1.165, 1.54) is 17.9 Å². The molecule has 2 rings (SSSR count). The van der Waals surface area contributed by atoms with Crippen LogP contribution in [-0.2, 0) is 5.88 Å². The van der Waals surface area contributed by atoms with Crippen molar-refractivity contribution < 1.29 is 13.9 Å². The van der Waals surface area contributed by atoms with Crippen LogP contribution >= 0.6 is 11.6 Å². The van der Waals surface area contributed by atoms with Crippen molar-refractivity contribution in [2.75, 3.05) is 13.2 Å². The van der Waals surface area contributed by atoms with E-state index in [0.29, 0.717) is 12.4 Å². The van der Waals surface area contributed by atoms with Crippen LogP contribution < -0.4 is 14.9 Å². The maximum Gasteiger partial charge on any atom is 0.227 e. The number of ether oxygens (including phenoxy) is 2. The van der Waals surface area contributed by atoms with Gasteiger partial charge >= 0.3 is 0 Å². The van der Waals surface area contributed by atoms with Gasteiger partial charge in [-0.2, -0.15) is 0 Å². The molecule has 106 valence electrons. The fourth-order valence-corrected chi connectivity index (χ4v) is 1.70. The lowest BCUT2D eigenvalue weighted by atomic mass is 10.2. The molecule has 0 N–H and O–H groups in total. The molecule has 0 aliphatic carbocycles. The molecule has 0 amide bonds. The molecule has 0 spiro atoms. The molecule has 1 heterocycles. The average Bonchev–Trinajstić information content (AvgIpc) is 2.46. The normalized spacial score (nSPS) is 10.3. The zero-order chi connectivity index (χ0) is 14.4. The molecule has 0 saturated carbocycles. The average molecular weight is 295 g/mol. The molecule has 1 aromatic heterocycles. The second-order valence-electron chi connectivity index (χ2n) is 4.22. The molecule has 0 atom stereocenters. The molecule has 4 nitrogen and oxygen atoms in total. The lowest BCUT2D eigenvalue weighted by Gasteiger charge is -2.08. The van der Waals surface area contributed by atoms with Crippen LogP contribution in [0.2, 0.25) is 0 Å². The van der Waals surface area contributed by atoms with Crippen molar-refractivity contribution in [3.8, 4) is 11.5 Å². The zero-order valence-electron chi connectivity index (χ0n) is 11.1. The number of alkyl halides is 1. The minimum atomic E-state index is -0.248. The Hall–Kier alpha value is -1.94. The Labute approximate surface area is 121 Å². The van der Waals surface area contributed by atoms with Gasteiger partial charge < -0.3 is 13.9 Å². The van der Waals surface area contributed by atoms with Crippen molar-refractivity contribution in [1.82, 2.24) is 0 Å². The third kappa shape index (κ3) is 4.03. The minimum Gasteiger partial charge on any atom is -0.490 e. The number of aryl methyl sites for hydroxylation is 1. The maximum atomic E-state index is 11.6. The van der Waals surface area contributed by atoms with Crippen LogP contribution in [0.3, 0.4) is 0 Å².